The number of esters is 1. The molecule has 0 fully saturated rings. The lowest BCUT2D eigenvalue weighted by atomic mass is 10.1. The third-order valence-corrected chi connectivity index (χ3v) is 3.24. The van der Waals surface area contributed by atoms with Crippen LogP contribution in [0.5, 0.6) is 0 Å². The zero-order valence-corrected chi connectivity index (χ0v) is 11.8. The van der Waals surface area contributed by atoms with E-state index in [4.69, 9.17) is 21.6 Å². The third kappa shape index (κ3) is 4.32. The minimum Gasteiger partial charge on any atom is -0.462 e. The van der Waals surface area contributed by atoms with Crippen molar-refractivity contribution in [2.24, 2.45) is 0 Å². The van der Waals surface area contributed by atoms with E-state index in [9.17, 15) is 18.0 Å². The minimum atomic E-state index is -4.57. The van der Waals surface area contributed by atoms with Gasteiger partial charge in [0.1, 0.15) is 6.07 Å². The molecule has 20 heavy (non-hydrogen) atoms. The molecule has 0 bridgehead atoms. The number of ether oxygens (including phenoxy) is 1. The second-order valence-electron chi connectivity index (χ2n) is 3.52. The molecule has 0 atom stereocenters. The van der Waals surface area contributed by atoms with Crippen LogP contribution in [0.3, 0.4) is 0 Å². The molecule has 8 heteroatoms. The predicted octanol–water partition coefficient (Wildman–Crippen LogP) is 4.09. The highest BCUT2D eigenvalue weighted by Gasteiger charge is 2.31. The van der Waals surface area contributed by atoms with Crippen molar-refractivity contribution in [3.63, 3.8) is 0 Å². The van der Waals surface area contributed by atoms with Gasteiger partial charge >= 0.3 is 11.5 Å². The molecule has 0 N–H and O–H groups in total. The Morgan fingerprint density at radius 1 is 1.50 bits per heavy atom. The molecule has 0 aliphatic rings. The van der Waals surface area contributed by atoms with E-state index in [-0.39, 0.29) is 34.1 Å². The van der Waals surface area contributed by atoms with Crippen molar-refractivity contribution in [1.29, 1.82) is 5.26 Å². The molecular weight excluding hydrogens is 315 g/mol. The molecule has 0 saturated heterocycles. The Morgan fingerprint density at radius 2 is 2.15 bits per heavy atom. The SMILES string of the molecule is CCOC(=O)c1cc(CCl)c(C#N)c(SC(F)(F)F)c1. The molecule has 0 aliphatic heterocycles. The molecule has 1 rings (SSSR count). The fraction of sp³-hybridized carbons (Fsp3) is 0.333. The number of nitriles is 1. The van der Waals surface area contributed by atoms with Gasteiger partial charge in [0.05, 0.1) is 17.7 Å². The van der Waals surface area contributed by atoms with Crippen molar-refractivity contribution in [1.82, 2.24) is 0 Å². The van der Waals surface area contributed by atoms with Crippen molar-refractivity contribution in [3.8, 4) is 6.07 Å². The number of thioether (sulfide) groups is 1. The van der Waals surface area contributed by atoms with E-state index in [1.165, 1.54) is 6.07 Å². The molecule has 0 aliphatic carbocycles. The van der Waals surface area contributed by atoms with Gasteiger partial charge in [0, 0.05) is 10.8 Å². The highest BCUT2D eigenvalue weighted by Crippen LogP contribution is 2.40. The summed E-state index contributed by atoms with van der Waals surface area (Å²) in [6.07, 6.45) is 0. The van der Waals surface area contributed by atoms with Crippen LogP contribution in [0.1, 0.15) is 28.4 Å². The summed E-state index contributed by atoms with van der Waals surface area (Å²) in [5.74, 6) is -0.936. The maximum atomic E-state index is 12.5. The van der Waals surface area contributed by atoms with Gasteiger partial charge < -0.3 is 4.74 Å². The number of benzene rings is 1. The highest BCUT2D eigenvalue weighted by atomic mass is 35.5. The van der Waals surface area contributed by atoms with Crippen LogP contribution in [-0.4, -0.2) is 18.1 Å². The zero-order chi connectivity index (χ0) is 15.3. The smallest absolute Gasteiger partial charge is 0.446 e. The first-order valence-electron chi connectivity index (χ1n) is 5.38. The molecule has 0 saturated carbocycles. The minimum absolute atomic E-state index is 0.0618. The molecule has 108 valence electrons. The molecular formula is C12H9ClF3NO2S. The Labute approximate surface area is 122 Å². The fourth-order valence-corrected chi connectivity index (χ4v) is 2.37. The molecule has 3 nitrogen and oxygen atoms in total. The van der Waals surface area contributed by atoms with Gasteiger partial charge in [0.25, 0.3) is 0 Å². The quantitative estimate of drug-likeness (QED) is 0.476. The van der Waals surface area contributed by atoms with Crippen LogP contribution in [0, 0.1) is 11.3 Å². The van der Waals surface area contributed by atoms with E-state index in [1.807, 2.05) is 0 Å². The van der Waals surface area contributed by atoms with Gasteiger partial charge in [0.2, 0.25) is 0 Å². The lowest BCUT2D eigenvalue weighted by Gasteiger charge is -2.12. The number of nitrogens with zero attached hydrogens (tertiary/aromatic N) is 1. The highest BCUT2D eigenvalue weighted by molar-refractivity contribution is 8.00. The van der Waals surface area contributed by atoms with Crippen LogP contribution in [0.25, 0.3) is 0 Å². The van der Waals surface area contributed by atoms with Gasteiger partial charge in [-0.15, -0.1) is 11.6 Å². The topological polar surface area (TPSA) is 50.1 Å². The molecule has 0 radical (unpaired) electrons. The van der Waals surface area contributed by atoms with Gasteiger partial charge in [-0.3, -0.25) is 0 Å². The van der Waals surface area contributed by atoms with Gasteiger partial charge in [-0.05, 0) is 36.4 Å². The average molecular weight is 324 g/mol. The van der Waals surface area contributed by atoms with Gasteiger partial charge in [-0.1, -0.05) is 0 Å². The number of alkyl halides is 4. The lowest BCUT2D eigenvalue weighted by molar-refractivity contribution is -0.0328. The Balaban J connectivity index is 3.35. The predicted molar refractivity (Wildman–Crippen MR) is 68.6 cm³/mol. The average Bonchev–Trinajstić information content (AvgIpc) is 2.36. The normalized spacial score (nSPS) is 11.0. The van der Waals surface area contributed by atoms with E-state index in [0.29, 0.717) is 0 Å². The summed E-state index contributed by atoms with van der Waals surface area (Å²) < 4.78 is 42.2. The monoisotopic (exact) mass is 323 g/mol. The summed E-state index contributed by atoms with van der Waals surface area (Å²) in [5.41, 5.74) is -4.65. The van der Waals surface area contributed by atoms with Crippen molar-refractivity contribution < 1.29 is 22.7 Å². The standard InChI is InChI=1S/C12H9ClF3NO2S/c1-2-19-11(18)7-3-8(5-13)9(6-17)10(4-7)20-12(14,15)16/h3-4H,2,5H2,1H3. The summed E-state index contributed by atoms with van der Waals surface area (Å²) in [4.78, 5) is 11.2. The number of carbonyl (C=O) groups is 1. The van der Waals surface area contributed by atoms with Crippen LogP contribution in [0.4, 0.5) is 13.2 Å². The van der Waals surface area contributed by atoms with Crippen LogP contribution in [-0.2, 0) is 10.6 Å². The molecule has 1 aromatic rings. The summed E-state index contributed by atoms with van der Waals surface area (Å²) >= 11 is 5.16. The molecule has 0 spiro atoms. The summed E-state index contributed by atoms with van der Waals surface area (Å²) in [5, 5.41) is 8.95. The number of hydrogen-bond acceptors (Lipinski definition) is 4. The van der Waals surface area contributed by atoms with Crippen molar-refractivity contribution in [2.45, 2.75) is 23.2 Å². The second kappa shape index (κ2) is 6.86. The number of hydrogen-bond donors (Lipinski definition) is 0. The molecule has 0 heterocycles. The van der Waals surface area contributed by atoms with Gasteiger partial charge in [0.15, 0.2) is 0 Å². The van der Waals surface area contributed by atoms with E-state index in [1.54, 1.807) is 13.0 Å². The molecule has 0 unspecified atom stereocenters. The van der Waals surface area contributed by atoms with Crippen molar-refractivity contribution >= 4 is 29.3 Å². The van der Waals surface area contributed by atoms with Crippen LogP contribution < -0.4 is 0 Å². The number of rotatable bonds is 4. The summed E-state index contributed by atoms with van der Waals surface area (Å²) in [7, 11) is 0. The third-order valence-electron chi connectivity index (χ3n) is 2.18. The summed E-state index contributed by atoms with van der Waals surface area (Å²) in [6, 6.07) is 3.94. The second-order valence-corrected chi connectivity index (χ2v) is 4.90. The first-order chi connectivity index (χ1) is 9.32. The molecule has 0 aromatic heterocycles. The molecule has 0 amide bonds. The van der Waals surface area contributed by atoms with E-state index in [0.717, 1.165) is 6.07 Å². The Bertz CT molecular complexity index is 555. The Hall–Kier alpha value is -1.39. The van der Waals surface area contributed by atoms with E-state index in [2.05, 4.69) is 0 Å². The maximum Gasteiger partial charge on any atom is 0.446 e. The molecule has 1 aromatic carbocycles. The van der Waals surface area contributed by atoms with Crippen LogP contribution >= 0.6 is 23.4 Å². The van der Waals surface area contributed by atoms with Crippen molar-refractivity contribution in [2.75, 3.05) is 6.61 Å². The largest absolute Gasteiger partial charge is 0.462 e. The number of halogens is 4. The first-order valence-corrected chi connectivity index (χ1v) is 6.73. The van der Waals surface area contributed by atoms with E-state index >= 15 is 0 Å². The zero-order valence-electron chi connectivity index (χ0n) is 10.3. The van der Waals surface area contributed by atoms with E-state index < -0.39 is 23.2 Å². The van der Waals surface area contributed by atoms with Crippen LogP contribution in [0.2, 0.25) is 0 Å². The summed E-state index contributed by atoms with van der Waals surface area (Å²) in [6.45, 7) is 1.67. The maximum absolute atomic E-state index is 12.5. The van der Waals surface area contributed by atoms with Crippen molar-refractivity contribution in [3.05, 3.63) is 28.8 Å². The van der Waals surface area contributed by atoms with Gasteiger partial charge in [-0.25, -0.2) is 4.79 Å². The Kier molecular flexibility index (Phi) is 5.72. The first kappa shape index (κ1) is 16.7. The number of carbonyl (C=O) groups excluding carboxylic acids is 1. The Morgan fingerprint density at radius 3 is 2.60 bits per heavy atom. The van der Waals surface area contributed by atoms with Gasteiger partial charge in [-0.2, -0.15) is 18.4 Å². The lowest BCUT2D eigenvalue weighted by Crippen LogP contribution is -2.08. The van der Waals surface area contributed by atoms with Crippen LogP contribution in [0.15, 0.2) is 17.0 Å². The fourth-order valence-electron chi connectivity index (χ4n) is 1.44.